The Morgan fingerprint density at radius 1 is 0.964 bits per heavy atom. The van der Waals surface area contributed by atoms with Crippen LogP contribution < -0.4 is 5.32 Å². The van der Waals surface area contributed by atoms with E-state index >= 15 is 0 Å². The molecule has 0 aliphatic carbocycles. The second kappa shape index (κ2) is 10.0. The molecular formula is C23H27FN2O2. The van der Waals surface area contributed by atoms with Crippen LogP contribution in [-0.4, -0.2) is 36.3 Å². The summed E-state index contributed by atoms with van der Waals surface area (Å²) >= 11 is 0. The summed E-state index contributed by atoms with van der Waals surface area (Å²) in [6.07, 6.45) is 4.15. The zero-order valence-electron chi connectivity index (χ0n) is 16.1. The van der Waals surface area contributed by atoms with Crippen molar-refractivity contribution in [2.45, 2.75) is 32.1 Å². The molecule has 1 aliphatic rings. The number of hydrogen-bond donors (Lipinski definition) is 1. The molecule has 28 heavy (non-hydrogen) atoms. The summed E-state index contributed by atoms with van der Waals surface area (Å²) in [5, 5.41) is 3.02. The van der Waals surface area contributed by atoms with Crippen LogP contribution in [-0.2, 0) is 11.2 Å². The molecule has 4 nitrogen and oxygen atoms in total. The van der Waals surface area contributed by atoms with Gasteiger partial charge in [0.2, 0.25) is 5.91 Å². The molecule has 1 saturated heterocycles. The number of likely N-dealkylation sites (tertiary alicyclic amines) is 1. The van der Waals surface area contributed by atoms with Crippen LogP contribution in [0.4, 0.5) is 4.39 Å². The van der Waals surface area contributed by atoms with E-state index in [2.05, 4.69) is 5.32 Å². The van der Waals surface area contributed by atoms with Crippen molar-refractivity contribution in [2.75, 3.05) is 19.6 Å². The number of nitrogens with zero attached hydrogens (tertiary/aromatic N) is 1. The fourth-order valence-corrected chi connectivity index (χ4v) is 3.57. The summed E-state index contributed by atoms with van der Waals surface area (Å²) < 4.78 is 12.9. The summed E-state index contributed by atoms with van der Waals surface area (Å²) in [5.41, 5.74) is 1.81. The highest BCUT2D eigenvalue weighted by molar-refractivity contribution is 5.94. The highest BCUT2D eigenvalue weighted by Crippen LogP contribution is 2.19. The number of unbranched alkanes of at least 4 members (excludes halogenated alkanes) is 1. The highest BCUT2D eigenvalue weighted by Gasteiger charge is 2.27. The number of piperidine rings is 1. The fourth-order valence-electron chi connectivity index (χ4n) is 3.57. The van der Waals surface area contributed by atoms with Crippen LogP contribution in [0.15, 0.2) is 54.6 Å². The maximum Gasteiger partial charge on any atom is 0.253 e. The van der Waals surface area contributed by atoms with Gasteiger partial charge in [0.05, 0.1) is 0 Å². The van der Waals surface area contributed by atoms with E-state index in [0.717, 1.165) is 24.8 Å². The molecule has 0 unspecified atom stereocenters. The van der Waals surface area contributed by atoms with Crippen molar-refractivity contribution in [3.63, 3.8) is 0 Å². The summed E-state index contributed by atoms with van der Waals surface area (Å²) in [6, 6.07) is 15.8. The monoisotopic (exact) mass is 382 g/mol. The molecule has 0 radical (unpaired) electrons. The Hall–Kier alpha value is -2.69. The second-order valence-electron chi connectivity index (χ2n) is 7.31. The summed E-state index contributed by atoms with van der Waals surface area (Å²) in [7, 11) is 0. The Morgan fingerprint density at radius 3 is 2.32 bits per heavy atom. The van der Waals surface area contributed by atoms with Gasteiger partial charge in [0.1, 0.15) is 5.82 Å². The Bertz CT molecular complexity index is 769. The molecule has 0 saturated carbocycles. The normalized spacial score (nSPS) is 14.7. The first-order valence-electron chi connectivity index (χ1n) is 10.00. The topological polar surface area (TPSA) is 49.4 Å². The molecule has 0 bridgehead atoms. The van der Waals surface area contributed by atoms with Crippen molar-refractivity contribution >= 4 is 11.8 Å². The van der Waals surface area contributed by atoms with Gasteiger partial charge in [0.15, 0.2) is 0 Å². The van der Waals surface area contributed by atoms with Crippen molar-refractivity contribution in [1.82, 2.24) is 10.2 Å². The predicted octanol–water partition coefficient (Wildman–Crippen LogP) is 3.82. The standard InChI is InChI=1S/C23H27FN2O2/c24-21-11-9-18(10-12-21)6-4-5-15-25-22(27)19-13-16-26(17-14-19)23(28)20-7-2-1-3-8-20/h1-3,7-12,19H,4-6,13-17H2,(H,25,27). The van der Waals surface area contributed by atoms with Crippen LogP contribution in [0.5, 0.6) is 0 Å². The average Bonchev–Trinajstić information content (AvgIpc) is 2.75. The van der Waals surface area contributed by atoms with Gasteiger partial charge in [-0.15, -0.1) is 0 Å². The van der Waals surface area contributed by atoms with Crippen molar-refractivity contribution in [3.8, 4) is 0 Å². The number of hydrogen-bond acceptors (Lipinski definition) is 2. The first kappa shape index (κ1) is 20.1. The summed E-state index contributed by atoms with van der Waals surface area (Å²) in [5.74, 6) is -0.0988. The lowest BCUT2D eigenvalue weighted by Gasteiger charge is -2.31. The molecule has 1 heterocycles. The van der Waals surface area contributed by atoms with Crippen LogP contribution in [0.1, 0.15) is 41.6 Å². The molecule has 148 valence electrons. The molecule has 2 aromatic carbocycles. The van der Waals surface area contributed by atoms with E-state index in [0.29, 0.717) is 38.0 Å². The molecule has 0 spiro atoms. The molecule has 0 atom stereocenters. The average molecular weight is 382 g/mol. The van der Waals surface area contributed by atoms with Crippen molar-refractivity contribution in [3.05, 3.63) is 71.5 Å². The van der Waals surface area contributed by atoms with Gasteiger partial charge in [0, 0.05) is 31.1 Å². The number of benzene rings is 2. The largest absolute Gasteiger partial charge is 0.356 e. The van der Waals surface area contributed by atoms with E-state index in [1.807, 2.05) is 35.2 Å². The Kier molecular flexibility index (Phi) is 7.18. The van der Waals surface area contributed by atoms with E-state index in [4.69, 9.17) is 0 Å². The third-order valence-electron chi connectivity index (χ3n) is 5.28. The first-order valence-corrected chi connectivity index (χ1v) is 10.00. The second-order valence-corrected chi connectivity index (χ2v) is 7.31. The lowest BCUT2D eigenvalue weighted by molar-refractivity contribution is -0.126. The fraction of sp³-hybridized carbons (Fsp3) is 0.391. The quantitative estimate of drug-likeness (QED) is 0.740. The first-order chi connectivity index (χ1) is 13.6. The van der Waals surface area contributed by atoms with Crippen molar-refractivity contribution in [1.29, 1.82) is 0 Å². The molecule has 2 aromatic rings. The zero-order valence-corrected chi connectivity index (χ0v) is 16.1. The van der Waals surface area contributed by atoms with Gasteiger partial charge in [0.25, 0.3) is 5.91 Å². The van der Waals surface area contributed by atoms with E-state index < -0.39 is 0 Å². The molecular weight excluding hydrogens is 355 g/mol. The molecule has 1 aliphatic heterocycles. The van der Waals surface area contributed by atoms with Gasteiger partial charge < -0.3 is 10.2 Å². The van der Waals surface area contributed by atoms with Crippen molar-refractivity contribution < 1.29 is 14.0 Å². The molecule has 1 N–H and O–H groups in total. The minimum Gasteiger partial charge on any atom is -0.356 e. The number of aryl methyl sites for hydroxylation is 1. The highest BCUT2D eigenvalue weighted by atomic mass is 19.1. The van der Waals surface area contributed by atoms with Crippen LogP contribution in [0, 0.1) is 11.7 Å². The SMILES string of the molecule is O=C(NCCCCc1ccc(F)cc1)C1CCN(C(=O)c2ccccc2)CC1. The van der Waals surface area contributed by atoms with E-state index in [-0.39, 0.29) is 23.5 Å². The number of amides is 2. The molecule has 5 heteroatoms. The number of carbonyl (C=O) groups is 2. The smallest absolute Gasteiger partial charge is 0.253 e. The molecule has 1 fully saturated rings. The van der Waals surface area contributed by atoms with Gasteiger partial charge >= 0.3 is 0 Å². The molecule has 0 aromatic heterocycles. The molecule has 2 amide bonds. The van der Waals surface area contributed by atoms with Gasteiger partial charge in [-0.25, -0.2) is 4.39 Å². The van der Waals surface area contributed by atoms with Crippen LogP contribution in [0.2, 0.25) is 0 Å². The Balaban J connectivity index is 1.32. The zero-order chi connectivity index (χ0) is 19.8. The summed E-state index contributed by atoms with van der Waals surface area (Å²) in [6.45, 7) is 1.90. The minimum absolute atomic E-state index is 0.0167. The van der Waals surface area contributed by atoms with Crippen LogP contribution >= 0.6 is 0 Å². The summed E-state index contributed by atoms with van der Waals surface area (Å²) in [4.78, 5) is 26.7. The third kappa shape index (κ3) is 5.65. The van der Waals surface area contributed by atoms with Gasteiger partial charge in [-0.1, -0.05) is 30.3 Å². The minimum atomic E-state index is -0.215. The van der Waals surface area contributed by atoms with Crippen molar-refractivity contribution in [2.24, 2.45) is 5.92 Å². The number of carbonyl (C=O) groups excluding carboxylic acids is 2. The van der Waals surface area contributed by atoms with E-state index in [1.165, 1.54) is 12.1 Å². The lowest BCUT2D eigenvalue weighted by Crippen LogP contribution is -2.43. The number of rotatable bonds is 7. The van der Waals surface area contributed by atoms with Crippen LogP contribution in [0.3, 0.4) is 0 Å². The number of nitrogens with one attached hydrogen (secondary N) is 1. The van der Waals surface area contributed by atoms with E-state index in [1.54, 1.807) is 12.1 Å². The predicted molar refractivity (Wildman–Crippen MR) is 107 cm³/mol. The number of halogens is 1. The lowest BCUT2D eigenvalue weighted by atomic mass is 9.95. The van der Waals surface area contributed by atoms with Crippen LogP contribution in [0.25, 0.3) is 0 Å². The maximum atomic E-state index is 12.9. The Morgan fingerprint density at radius 2 is 1.64 bits per heavy atom. The molecule has 3 rings (SSSR count). The maximum absolute atomic E-state index is 12.9. The van der Waals surface area contributed by atoms with E-state index in [9.17, 15) is 14.0 Å². The van der Waals surface area contributed by atoms with Gasteiger partial charge in [-0.2, -0.15) is 0 Å². The third-order valence-corrected chi connectivity index (χ3v) is 5.28. The van der Waals surface area contributed by atoms with Gasteiger partial charge in [-0.3, -0.25) is 9.59 Å². The Labute approximate surface area is 165 Å². The van der Waals surface area contributed by atoms with Gasteiger partial charge in [-0.05, 0) is 61.9 Å².